The summed E-state index contributed by atoms with van der Waals surface area (Å²) in [6, 6.07) is 3.91. The van der Waals surface area contributed by atoms with Gasteiger partial charge in [0.25, 0.3) is 0 Å². The quantitative estimate of drug-likeness (QED) is 0.790. The van der Waals surface area contributed by atoms with Crippen molar-refractivity contribution < 1.29 is 9.90 Å². The van der Waals surface area contributed by atoms with Crippen LogP contribution in [0.25, 0.3) is 6.08 Å². The van der Waals surface area contributed by atoms with Gasteiger partial charge in [-0.15, -0.1) is 0 Å². The molecule has 4 nitrogen and oxygen atoms in total. The van der Waals surface area contributed by atoms with Crippen LogP contribution in [0, 0.1) is 0 Å². The zero-order valence-corrected chi connectivity index (χ0v) is 11.3. The van der Waals surface area contributed by atoms with Gasteiger partial charge in [0.05, 0.1) is 0 Å². The first-order chi connectivity index (χ1) is 8.47. The minimum absolute atomic E-state index is 0.423. The molecule has 0 bridgehead atoms. The number of carboxylic acid groups (broad SMARTS) is 1. The number of carbonyl (C=O) groups is 1. The predicted molar refractivity (Wildman–Crippen MR) is 75.4 cm³/mol. The number of hydrogen-bond acceptors (Lipinski definition) is 2. The van der Waals surface area contributed by atoms with Crippen LogP contribution in [0.5, 0.6) is 0 Å². The van der Waals surface area contributed by atoms with E-state index < -0.39 is 5.97 Å². The molecule has 0 radical (unpaired) electrons. The van der Waals surface area contributed by atoms with Crippen LogP contribution < -0.4 is 0 Å². The van der Waals surface area contributed by atoms with Crippen molar-refractivity contribution in [3.8, 4) is 0 Å². The van der Waals surface area contributed by atoms with E-state index in [4.69, 9.17) is 5.11 Å². The molecule has 0 saturated heterocycles. The molecule has 0 spiro atoms. The molecular formula is C14H22N2O2. The fourth-order valence-electron chi connectivity index (χ4n) is 1.10. The van der Waals surface area contributed by atoms with Crippen LogP contribution >= 0.6 is 0 Å². The van der Waals surface area contributed by atoms with Gasteiger partial charge in [0.2, 0.25) is 0 Å². The Balaban J connectivity index is 0.000000351. The second-order valence-corrected chi connectivity index (χ2v) is 4.11. The van der Waals surface area contributed by atoms with Gasteiger partial charge in [-0.2, -0.15) is 0 Å². The molecular weight excluding hydrogens is 228 g/mol. The molecule has 0 saturated carbocycles. The van der Waals surface area contributed by atoms with E-state index in [1.165, 1.54) is 0 Å². The van der Waals surface area contributed by atoms with Crippen molar-refractivity contribution in [2.24, 2.45) is 0 Å². The molecule has 0 atom stereocenters. The third-order valence-electron chi connectivity index (χ3n) is 2.21. The van der Waals surface area contributed by atoms with E-state index in [-0.39, 0.29) is 0 Å². The summed E-state index contributed by atoms with van der Waals surface area (Å²) in [6.45, 7) is 6.07. The number of rotatable bonds is 5. The SMILES string of the molecule is C=Cc1ccc[nH]1.CC(=CCCN(C)C)C(=O)O. The first-order valence-electron chi connectivity index (χ1n) is 5.78. The van der Waals surface area contributed by atoms with Crippen molar-refractivity contribution in [2.45, 2.75) is 13.3 Å². The first-order valence-corrected chi connectivity index (χ1v) is 5.78. The lowest BCUT2D eigenvalue weighted by Gasteiger charge is -2.05. The Morgan fingerprint density at radius 2 is 2.22 bits per heavy atom. The zero-order chi connectivity index (χ0) is 14.0. The van der Waals surface area contributed by atoms with Gasteiger partial charge >= 0.3 is 5.97 Å². The smallest absolute Gasteiger partial charge is 0.330 e. The Morgan fingerprint density at radius 1 is 1.56 bits per heavy atom. The number of carboxylic acids is 1. The van der Waals surface area contributed by atoms with Crippen molar-refractivity contribution in [3.05, 3.63) is 42.3 Å². The molecule has 0 fully saturated rings. The first kappa shape index (κ1) is 16.2. The van der Waals surface area contributed by atoms with Gasteiger partial charge in [0, 0.05) is 24.0 Å². The number of nitrogens with one attached hydrogen (secondary N) is 1. The Hall–Kier alpha value is -1.81. The number of aromatic amines is 1. The van der Waals surface area contributed by atoms with E-state index in [0.29, 0.717) is 5.57 Å². The summed E-state index contributed by atoms with van der Waals surface area (Å²) in [5, 5.41) is 8.47. The van der Waals surface area contributed by atoms with E-state index in [0.717, 1.165) is 18.7 Å². The standard InChI is InChI=1S/C8H15NO2.C6H7N/c1-7(8(10)11)5-4-6-9(2)3;1-2-6-4-3-5-7-6/h5H,4,6H2,1-3H3,(H,10,11);2-5,7H,1H2. The van der Waals surface area contributed by atoms with E-state index in [1.54, 1.807) is 19.1 Å². The van der Waals surface area contributed by atoms with Crippen LogP contribution in [0.15, 0.2) is 36.6 Å². The molecule has 0 unspecified atom stereocenters. The molecule has 100 valence electrons. The van der Waals surface area contributed by atoms with E-state index >= 15 is 0 Å². The molecule has 1 aromatic rings. The van der Waals surface area contributed by atoms with Crippen molar-refractivity contribution in [2.75, 3.05) is 20.6 Å². The second kappa shape index (κ2) is 9.24. The number of aromatic nitrogens is 1. The number of aliphatic carboxylic acids is 1. The van der Waals surface area contributed by atoms with Crippen molar-refractivity contribution in [1.29, 1.82) is 0 Å². The highest BCUT2D eigenvalue weighted by Gasteiger charge is 1.97. The van der Waals surface area contributed by atoms with Crippen molar-refractivity contribution in [1.82, 2.24) is 9.88 Å². The lowest BCUT2D eigenvalue weighted by Crippen LogP contribution is -2.12. The molecule has 18 heavy (non-hydrogen) atoms. The summed E-state index contributed by atoms with van der Waals surface area (Å²) in [7, 11) is 3.92. The summed E-state index contributed by atoms with van der Waals surface area (Å²) in [5.74, 6) is -0.830. The van der Waals surface area contributed by atoms with Gasteiger partial charge in [-0.3, -0.25) is 0 Å². The highest BCUT2D eigenvalue weighted by molar-refractivity contribution is 5.85. The maximum Gasteiger partial charge on any atom is 0.330 e. The largest absolute Gasteiger partial charge is 0.478 e. The summed E-state index contributed by atoms with van der Waals surface area (Å²) >= 11 is 0. The molecule has 1 rings (SSSR count). The molecule has 0 aromatic carbocycles. The highest BCUT2D eigenvalue weighted by atomic mass is 16.4. The monoisotopic (exact) mass is 250 g/mol. The molecule has 0 aliphatic carbocycles. The maximum absolute atomic E-state index is 10.3. The van der Waals surface area contributed by atoms with Crippen molar-refractivity contribution >= 4 is 12.0 Å². The van der Waals surface area contributed by atoms with Gasteiger partial charge in [0.15, 0.2) is 0 Å². The van der Waals surface area contributed by atoms with Gasteiger partial charge in [0.1, 0.15) is 0 Å². The normalized spacial score (nSPS) is 10.8. The van der Waals surface area contributed by atoms with Gasteiger partial charge in [-0.25, -0.2) is 4.79 Å². The van der Waals surface area contributed by atoms with Crippen LogP contribution in [0.3, 0.4) is 0 Å². The zero-order valence-electron chi connectivity index (χ0n) is 11.3. The van der Waals surface area contributed by atoms with Gasteiger partial charge < -0.3 is 15.0 Å². The van der Waals surface area contributed by atoms with E-state index in [9.17, 15) is 4.79 Å². The predicted octanol–water partition coefficient (Wildman–Crippen LogP) is 2.63. The Labute approximate surface area is 109 Å². The van der Waals surface area contributed by atoms with Crippen LogP contribution in [-0.2, 0) is 4.79 Å². The molecule has 4 heteroatoms. The number of nitrogens with zero attached hydrogens (tertiary/aromatic N) is 1. The van der Waals surface area contributed by atoms with Crippen LogP contribution in [0.2, 0.25) is 0 Å². The fraction of sp³-hybridized carbons (Fsp3) is 0.357. The minimum atomic E-state index is -0.830. The average Bonchev–Trinajstić information content (AvgIpc) is 2.81. The molecule has 2 N–H and O–H groups in total. The van der Waals surface area contributed by atoms with E-state index in [2.05, 4.69) is 11.6 Å². The van der Waals surface area contributed by atoms with Gasteiger partial charge in [-0.05, 0) is 45.6 Å². The second-order valence-electron chi connectivity index (χ2n) is 4.11. The number of hydrogen-bond donors (Lipinski definition) is 2. The molecule has 0 aliphatic rings. The average molecular weight is 250 g/mol. The maximum atomic E-state index is 10.3. The van der Waals surface area contributed by atoms with Crippen LogP contribution in [0.4, 0.5) is 0 Å². The van der Waals surface area contributed by atoms with Crippen molar-refractivity contribution in [3.63, 3.8) is 0 Å². The van der Waals surface area contributed by atoms with Crippen LogP contribution in [0.1, 0.15) is 19.0 Å². The van der Waals surface area contributed by atoms with Crippen LogP contribution in [-0.4, -0.2) is 41.6 Å². The number of H-pyrrole nitrogens is 1. The van der Waals surface area contributed by atoms with E-state index in [1.807, 2.05) is 37.3 Å². The summed E-state index contributed by atoms with van der Waals surface area (Å²) in [5.41, 5.74) is 1.49. The molecule has 1 aromatic heterocycles. The fourth-order valence-corrected chi connectivity index (χ4v) is 1.10. The molecule has 1 heterocycles. The summed E-state index contributed by atoms with van der Waals surface area (Å²) in [4.78, 5) is 15.3. The highest BCUT2D eigenvalue weighted by Crippen LogP contribution is 1.95. The molecule has 0 aliphatic heterocycles. The minimum Gasteiger partial charge on any atom is -0.478 e. The third-order valence-corrected chi connectivity index (χ3v) is 2.21. The summed E-state index contributed by atoms with van der Waals surface area (Å²) < 4.78 is 0. The topological polar surface area (TPSA) is 56.3 Å². The third kappa shape index (κ3) is 8.35. The molecule has 0 amide bonds. The Bertz CT molecular complexity index is 379. The Kier molecular flexibility index (Phi) is 8.31. The van der Waals surface area contributed by atoms with Gasteiger partial charge in [-0.1, -0.05) is 12.7 Å². The lowest BCUT2D eigenvalue weighted by atomic mass is 10.2. The lowest BCUT2D eigenvalue weighted by molar-refractivity contribution is -0.132. The summed E-state index contributed by atoms with van der Waals surface area (Å²) in [6.07, 6.45) is 6.18. The Morgan fingerprint density at radius 3 is 2.56 bits per heavy atom.